The van der Waals surface area contributed by atoms with Crippen molar-refractivity contribution in [3.63, 3.8) is 0 Å². The van der Waals surface area contributed by atoms with Gasteiger partial charge in [-0.15, -0.1) is 0 Å². The lowest BCUT2D eigenvalue weighted by Crippen LogP contribution is -2.15. The maximum atomic E-state index is 9.30. The molecular formula is C86H61BBrO2. The Balaban J connectivity index is 0.000000118. The van der Waals surface area contributed by atoms with Gasteiger partial charge in [-0.2, -0.15) is 0 Å². The predicted octanol–water partition coefficient (Wildman–Crippen LogP) is 23.6. The Morgan fingerprint density at radius 3 is 1.02 bits per heavy atom. The van der Waals surface area contributed by atoms with Gasteiger partial charge in [-0.05, 0) is 184 Å². The van der Waals surface area contributed by atoms with Gasteiger partial charge in [0.05, 0.1) is 0 Å². The molecule has 90 heavy (non-hydrogen) atoms. The summed E-state index contributed by atoms with van der Waals surface area (Å²) >= 11 is 3.60. The largest absolute Gasteiger partial charge is 0.569 e. The summed E-state index contributed by atoms with van der Waals surface area (Å²) in [5.74, 6) is 0.674. The van der Waals surface area contributed by atoms with Crippen molar-refractivity contribution in [2.45, 2.75) is 38.5 Å². The van der Waals surface area contributed by atoms with Crippen molar-refractivity contribution in [2.24, 2.45) is 0 Å². The Hall–Kier alpha value is -10.1. The van der Waals surface area contributed by atoms with Gasteiger partial charge in [0, 0.05) is 26.1 Å². The molecule has 1 radical (unpaired) electrons. The predicted molar refractivity (Wildman–Crippen MR) is 387 cm³/mol. The number of hydrogen-bond donors (Lipinski definition) is 1. The van der Waals surface area contributed by atoms with Crippen LogP contribution in [0, 0.1) is 0 Å². The molecule has 2 aliphatic carbocycles. The van der Waals surface area contributed by atoms with E-state index in [-0.39, 0.29) is 10.8 Å². The lowest BCUT2D eigenvalue weighted by molar-refractivity contribution is 0.459. The number of rotatable bonds is 5. The summed E-state index contributed by atoms with van der Waals surface area (Å²) in [6.07, 6.45) is 0. The normalized spacial score (nSPS) is 13.2. The van der Waals surface area contributed by atoms with Gasteiger partial charge in [0.1, 0.15) is 5.75 Å². The monoisotopic (exact) mass is 1220 g/mol. The molecule has 0 unspecified atom stereocenters. The number of fused-ring (bicyclic) bond motifs is 16. The van der Waals surface area contributed by atoms with Gasteiger partial charge < -0.3 is 9.68 Å². The molecule has 0 saturated heterocycles. The molecule has 0 aliphatic heterocycles. The van der Waals surface area contributed by atoms with Crippen LogP contribution in [-0.2, 0) is 10.8 Å². The van der Waals surface area contributed by atoms with Crippen molar-refractivity contribution >= 4 is 110 Å². The van der Waals surface area contributed by atoms with Crippen LogP contribution in [0.15, 0.2) is 296 Å². The van der Waals surface area contributed by atoms with Crippen LogP contribution in [0.5, 0.6) is 5.75 Å². The SMILES string of the molecule is CC1(C)c2ccc(-c3c4ccccc4c(-c4ccc5ccccc5c4)c4ccccc34)cc2-c2ccc3ccccc3c21.CC1(C)c2ccc(Br)cc2-c2ccc3ccccc3c21.O[B]Oc1c2ccccc2c(-c2ccc3ccccc3c2)c2ccccc12. The summed E-state index contributed by atoms with van der Waals surface area (Å²) in [5.41, 5.74) is 18.7. The van der Waals surface area contributed by atoms with Gasteiger partial charge in [0.2, 0.25) is 0 Å². The first-order valence-corrected chi connectivity index (χ1v) is 31.8. The molecule has 0 aromatic heterocycles. The molecule has 0 fully saturated rings. The third-order valence-corrected chi connectivity index (χ3v) is 19.9. The molecule has 16 aromatic rings. The van der Waals surface area contributed by atoms with E-state index in [0.717, 1.165) is 33.7 Å². The Morgan fingerprint density at radius 1 is 0.289 bits per heavy atom. The first-order valence-electron chi connectivity index (χ1n) is 31.0. The Kier molecular flexibility index (Phi) is 13.4. The zero-order valence-electron chi connectivity index (χ0n) is 50.5. The summed E-state index contributed by atoms with van der Waals surface area (Å²) < 4.78 is 6.67. The van der Waals surface area contributed by atoms with E-state index in [1.54, 1.807) is 0 Å². The van der Waals surface area contributed by atoms with E-state index in [1.165, 1.54) is 143 Å². The molecule has 0 amide bonds. The molecule has 2 nitrogen and oxygen atoms in total. The van der Waals surface area contributed by atoms with Gasteiger partial charge in [-0.25, -0.2) is 0 Å². The lowest BCUT2D eigenvalue weighted by atomic mass is 9.80. The smallest absolute Gasteiger partial charge is 0.537 e. The quantitative estimate of drug-likeness (QED) is 0.137. The summed E-state index contributed by atoms with van der Waals surface area (Å²) in [4.78, 5) is 0. The second kappa shape index (κ2) is 21.9. The highest BCUT2D eigenvalue weighted by Gasteiger charge is 2.38. The molecular weight excluding hydrogens is 1160 g/mol. The van der Waals surface area contributed by atoms with Crippen molar-refractivity contribution in [1.82, 2.24) is 0 Å². The van der Waals surface area contributed by atoms with Crippen LogP contribution in [0.1, 0.15) is 49.9 Å². The number of halogens is 1. The summed E-state index contributed by atoms with van der Waals surface area (Å²) in [6, 6.07) is 105. The molecule has 1 N–H and O–H groups in total. The van der Waals surface area contributed by atoms with Crippen molar-refractivity contribution in [3.05, 3.63) is 318 Å². The fourth-order valence-corrected chi connectivity index (χ4v) is 15.7. The standard InChI is InChI=1S/C43H30.C24H16BO2.C19H15Br/c1-43(2)39-24-22-31(26-38(39)37-23-21-28-12-5-6-14-32(28)42(37)43)41-35-17-9-7-15-33(35)40(34-16-8-10-18-36(34)41)30-20-19-27-11-3-4-13-29(27)25-30;26-25-27-24-21-11-5-3-9-19(21)23(20-10-4-6-12-22(20)24)18-14-13-16-7-1-2-8-17(16)15-18;1-19(2)17-10-8-13(20)11-16(17)15-9-7-12-5-3-4-6-14(12)18(15)19/h3-26H,1-2H3;1-15,26H;3-11H,1-2H3. The molecule has 0 saturated carbocycles. The second-order valence-corrected chi connectivity index (χ2v) is 26.0. The molecule has 4 heteroatoms. The Bertz CT molecular complexity index is 5490. The maximum absolute atomic E-state index is 9.30. The van der Waals surface area contributed by atoms with Gasteiger partial charge >= 0.3 is 7.69 Å². The van der Waals surface area contributed by atoms with E-state index >= 15 is 0 Å². The Labute approximate surface area is 533 Å². The highest BCUT2D eigenvalue weighted by Crippen LogP contribution is 2.55. The van der Waals surface area contributed by atoms with Crippen LogP contribution in [0.25, 0.3) is 142 Å². The van der Waals surface area contributed by atoms with Gasteiger partial charge in [-0.1, -0.05) is 304 Å². The van der Waals surface area contributed by atoms with E-state index in [2.05, 4.69) is 298 Å². The number of benzene rings is 16. The Morgan fingerprint density at radius 2 is 0.600 bits per heavy atom. The number of hydrogen-bond acceptors (Lipinski definition) is 2. The van der Waals surface area contributed by atoms with Crippen LogP contribution in [0.2, 0.25) is 0 Å². The molecule has 427 valence electrons. The van der Waals surface area contributed by atoms with Crippen LogP contribution in [-0.4, -0.2) is 12.7 Å². The van der Waals surface area contributed by atoms with E-state index in [1.807, 2.05) is 36.4 Å². The zero-order chi connectivity index (χ0) is 60.8. The fourth-order valence-electron chi connectivity index (χ4n) is 15.4. The first kappa shape index (κ1) is 55.2. The summed E-state index contributed by atoms with van der Waals surface area (Å²) in [6.45, 7) is 9.43. The topological polar surface area (TPSA) is 29.5 Å². The minimum atomic E-state index is -0.0614. The van der Waals surface area contributed by atoms with Gasteiger partial charge in [0.25, 0.3) is 0 Å². The molecule has 2 aliphatic rings. The molecule has 0 spiro atoms. The highest BCUT2D eigenvalue weighted by molar-refractivity contribution is 9.10. The van der Waals surface area contributed by atoms with E-state index in [9.17, 15) is 5.02 Å². The molecule has 0 atom stereocenters. The van der Waals surface area contributed by atoms with Crippen LogP contribution in [0.4, 0.5) is 0 Å². The molecule has 0 bridgehead atoms. The molecule has 16 aromatic carbocycles. The lowest BCUT2D eigenvalue weighted by Gasteiger charge is -2.23. The molecule has 18 rings (SSSR count). The molecule has 0 heterocycles. The van der Waals surface area contributed by atoms with Gasteiger partial charge in [0.15, 0.2) is 0 Å². The summed E-state index contributed by atoms with van der Waals surface area (Å²) in [7, 11) is 0.754. The third kappa shape index (κ3) is 8.95. The first-order chi connectivity index (χ1) is 44.0. The van der Waals surface area contributed by atoms with E-state index in [0.29, 0.717) is 5.75 Å². The van der Waals surface area contributed by atoms with Crippen LogP contribution < -0.4 is 4.65 Å². The van der Waals surface area contributed by atoms with Crippen molar-refractivity contribution in [1.29, 1.82) is 0 Å². The summed E-state index contributed by atoms with van der Waals surface area (Å²) in [5, 5.41) is 29.0. The highest BCUT2D eigenvalue weighted by atomic mass is 79.9. The van der Waals surface area contributed by atoms with Crippen molar-refractivity contribution in [3.8, 4) is 61.4 Å². The van der Waals surface area contributed by atoms with Crippen LogP contribution >= 0.6 is 15.9 Å². The third-order valence-electron chi connectivity index (χ3n) is 19.4. The average molecular weight is 1220 g/mol. The average Bonchev–Trinajstić information content (AvgIpc) is 1.49. The van der Waals surface area contributed by atoms with E-state index < -0.39 is 0 Å². The van der Waals surface area contributed by atoms with E-state index in [4.69, 9.17) is 4.65 Å². The minimum Gasteiger partial charge on any atom is -0.537 e. The van der Waals surface area contributed by atoms with Gasteiger partial charge in [-0.3, -0.25) is 0 Å². The van der Waals surface area contributed by atoms with Crippen molar-refractivity contribution in [2.75, 3.05) is 0 Å². The minimum absolute atomic E-state index is 0.0614. The second-order valence-electron chi connectivity index (χ2n) is 25.1. The van der Waals surface area contributed by atoms with Crippen LogP contribution in [0.3, 0.4) is 0 Å². The maximum Gasteiger partial charge on any atom is 0.569 e. The van der Waals surface area contributed by atoms with Crippen molar-refractivity contribution < 1.29 is 9.68 Å². The fraction of sp³-hybridized carbons (Fsp3) is 0.0698. The zero-order valence-corrected chi connectivity index (χ0v) is 52.1.